The quantitative estimate of drug-likeness (QED) is 0.753. The van der Waals surface area contributed by atoms with Crippen LogP contribution in [-0.2, 0) is 4.79 Å². The molecular weight excluding hydrogens is 354 g/mol. The van der Waals surface area contributed by atoms with E-state index in [0.29, 0.717) is 24.8 Å². The average molecular weight is 377 g/mol. The molecule has 0 saturated carbocycles. The zero-order valence-electron chi connectivity index (χ0n) is 16.5. The zero-order valence-corrected chi connectivity index (χ0v) is 16.5. The molecule has 3 heterocycles. The van der Waals surface area contributed by atoms with Crippen molar-refractivity contribution in [1.82, 2.24) is 19.7 Å². The lowest BCUT2D eigenvalue weighted by Gasteiger charge is -2.25. The highest BCUT2D eigenvalue weighted by atomic mass is 16.5. The Morgan fingerprint density at radius 3 is 2.61 bits per heavy atom. The molecule has 0 radical (unpaired) electrons. The van der Waals surface area contributed by atoms with Gasteiger partial charge >= 0.3 is 0 Å². The van der Waals surface area contributed by atoms with Gasteiger partial charge in [0.25, 0.3) is 5.95 Å². The largest absolute Gasteiger partial charge is 0.494 e. The summed E-state index contributed by atoms with van der Waals surface area (Å²) in [5.41, 5.74) is 4.52. The van der Waals surface area contributed by atoms with Gasteiger partial charge in [0.15, 0.2) is 0 Å². The molecular formula is C21H23N5O2. The maximum absolute atomic E-state index is 12.6. The second kappa shape index (κ2) is 7.07. The molecule has 7 heteroatoms. The lowest BCUT2D eigenvalue weighted by atomic mass is 9.85. The van der Waals surface area contributed by atoms with Crippen LogP contribution >= 0.6 is 0 Å². The fourth-order valence-electron chi connectivity index (χ4n) is 3.81. The number of nitrogens with one attached hydrogen (secondary N) is 1. The average Bonchev–Trinajstić information content (AvgIpc) is 2.97. The highest BCUT2D eigenvalue weighted by Crippen LogP contribution is 2.42. The standard InChI is InChI=1S/C21H23N5O2/c1-5-28-17-9-7-6-8-15(17)16-11-18(27)24-20-19(16)14(4)25-26(20)21-22-12(2)10-13(3)23-21/h6-10,16H,5,11H2,1-4H3,(H,24,27)/t16-/m0/s1. The first-order valence-corrected chi connectivity index (χ1v) is 9.41. The van der Waals surface area contributed by atoms with Crippen molar-refractivity contribution in [3.05, 3.63) is 58.5 Å². The first kappa shape index (κ1) is 18.2. The van der Waals surface area contributed by atoms with Gasteiger partial charge in [-0.1, -0.05) is 18.2 Å². The van der Waals surface area contributed by atoms with Crippen LogP contribution < -0.4 is 10.1 Å². The highest BCUT2D eigenvalue weighted by Gasteiger charge is 2.34. The summed E-state index contributed by atoms with van der Waals surface area (Å²) in [5, 5.41) is 7.65. The number of hydrogen-bond acceptors (Lipinski definition) is 5. The van der Waals surface area contributed by atoms with Gasteiger partial charge in [0, 0.05) is 34.9 Å². The first-order chi connectivity index (χ1) is 13.5. The topological polar surface area (TPSA) is 81.9 Å². The van der Waals surface area contributed by atoms with Crippen molar-refractivity contribution in [1.29, 1.82) is 0 Å². The number of carbonyl (C=O) groups excluding carboxylic acids is 1. The number of aryl methyl sites for hydroxylation is 3. The third kappa shape index (κ3) is 3.13. The van der Waals surface area contributed by atoms with Crippen LogP contribution in [0.5, 0.6) is 5.75 Å². The molecule has 1 N–H and O–H groups in total. The first-order valence-electron chi connectivity index (χ1n) is 9.41. The van der Waals surface area contributed by atoms with E-state index in [1.54, 1.807) is 4.68 Å². The monoisotopic (exact) mass is 377 g/mol. The Balaban J connectivity index is 1.89. The van der Waals surface area contributed by atoms with Crippen molar-refractivity contribution < 1.29 is 9.53 Å². The van der Waals surface area contributed by atoms with Gasteiger partial charge in [0.1, 0.15) is 11.6 Å². The van der Waals surface area contributed by atoms with Crippen molar-refractivity contribution in [2.24, 2.45) is 0 Å². The lowest BCUT2D eigenvalue weighted by Crippen LogP contribution is -2.25. The van der Waals surface area contributed by atoms with E-state index in [9.17, 15) is 4.79 Å². The predicted octanol–water partition coefficient (Wildman–Crippen LogP) is 3.46. The van der Waals surface area contributed by atoms with E-state index in [-0.39, 0.29) is 11.8 Å². The summed E-state index contributed by atoms with van der Waals surface area (Å²) in [6.07, 6.45) is 0.345. The number of ether oxygens (including phenoxy) is 1. The van der Waals surface area contributed by atoms with Crippen LogP contribution in [0.1, 0.15) is 47.5 Å². The summed E-state index contributed by atoms with van der Waals surface area (Å²) >= 11 is 0. The van der Waals surface area contributed by atoms with Crippen molar-refractivity contribution in [2.45, 2.75) is 40.0 Å². The van der Waals surface area contributed by atoms with Crippen LogP contribution in [0.3, 0.4) is 0 Å². The van der Waals surface area contributed by atoms with Gasteiger partial charge in [-0.3, -0.25) is 4.79 Å². The molecule has 7 nitrogen and oxygen atoms in total. The number of aromatic nitrogens is 4. The molecule has 2 aromatic heterocycles. The molecule has 4 rings (SSSR count). The van der Waals surface area contributed by atoms with Gasteiger partial charge in [-0.25, -0.2) is 9.97 Å². The summed E-state index contributed by atoms with van der Waals surface area (Å²) in [6.45, 7) is 8.31. The molecule has 3 aromatic rings. The minimum Gasteiger partial charge on any atom is -0.494 e. The normalized spacial score (nSPS) is 15.9. The molecule has 144 valence electrons. The Bertz CT molecular complexity index is 1040. The molecule has 0 spiro atoms. The third-order valence-corrected chi connectivity index (χ3v) is 4.86. The van der Waals surface area contributed by atoms with Crippen molar-refractivity contribution in [3.63, 3.8) is 0 Å². The Morgan fingerprint density at radius 2 is 1.89 bits per heavy atom. The fourth-order valence-corrected chi connectivity index (χ4v) is 3.81. The minimum atomic E-state index is -0.133. The van der Waals surface area contributed by atoms with E-state index in [4.69, 9.17) is 4.74 Å². The molecule has 1 aliphatic rings. The van der Waals surface area contributed by atoms with Gasteiger partial charge in [-0.15, -0.1) is 0 Å². The van der Waals surface area contributed by atoms with Crippen molar-refractivity contribution in [2.75, 3.05) is 11.9 Å². The minimum absolute atomic E-state index is 0.0608. The van der Waals surface area contributed by atoms with Gasteiger partial charge < -0.3 is 10.1 Å². The number of nitrogens with zero attached hydrogens (tertiary/aromatic N) is 4. The Kier molecular flexibility index (Phi) is 4.58. The number of benzene rings is 1. The summed E-state index contributed by atoms with van der Waals surface area (Å²) < 4.78 is 7.46. The van der Waals surface area contributed by atoms with Crippen LogP contribution in [0, 0.1) is 20.8 Å². The van der Waals surface area contributed by atoms with E-state index < -0.39 is 0 Å². The van der Waals surface area contributed by atoms with Crippen LogP contribution in [0.2, 0.25) is 0 Å². The third-order valence-electron chi connectivity index (χ3n) is 4.86. The Hall–Kier alpha value is -3.22. The molecule has 0 bridgehead atoms. The fraction of sp³-hybridized carbons (Fsp3) is 0.333. The molecule has 1 atom stereocenters. The van der Waals surface area contributed by atoms with Crippen LogP contribution in [0.25, 0.3) is 5.95 Å². The number of anilines is 1. The summed E-state index contributed by atoms with van der Waals surface area (Å²) in [5.74, 6) is 1.70. The SMILES string of the molecule is CCOc1ccccc1[C@@H]1CC(=O)Nc2c1c(C)nn2-c1nc(C)cc(C)n1. The van der Waals surface area contributed by atoms with Crippen LogP contribution in [0.4, 0.5) is 5.82 Å². The van der Waals surface area contributed by atoms with Gasteiger partial charge in [-0.05, 0) is 39.8 Å². The number of hydrogen-bond donors (Lipinski definition) is 1. The number of fused-ring (bicyclic) bond motifs is 1. The van der Waals surface area contributed by atoms with E-state index in [2.05, 4.69) is 20.4 Å². The van der Waals surface area contributed by atoms with E-state index >= 15 is 0 Å². The molecule has 0 unspecified atom stereocenters. The maximum atomic E-state index is 12.6. The Labute approximate surface area is 163 Å². The summed E-state index contributed by atoms with van der Waals surface area (Å²) in [4.78, 5) is 21.6. The zero-order chi connectivity index (χ0) is 19.8. The molecule has 1 aliphatic heterocycles. The summed E-state index contributed by atoms with van der Waals surface area (Å²) in [6, 6.07) is 9.78. The number of amides is 1. The molecule has 1 aromatic carbocycles. The molecule has 0 saturated heterocycles. The Morgan fingerprint density at radius 1 is 1.18 bits per heavy atom. The van der Waals surface area contributed by atoms with E-state index in [1.807, 2.05) is 58.0 Å². The van der Waals surface area contributed by atoms with E-state index in [1.165, 1.54) is 0 Å². The predicted molar refractivity (Wildman–Crippen MR) is 106 cm³/mol. The van der Waals surface area contributed by atoms with Gasteiger partial charge in [0.05, 0.1) is 12.3 Å². The number of carbonyl (C=O) groups is 1. The molecule has 0 aliphatic carbocycles. The number of para-hydroxylation sites is 1. The van der Waals surface area contributed by atoms with Crippen molar-refractivity contribution in [3.8, 4) is 11.7 Å². The van der Waals surface area contributed by atoms with Crippen molar-refractivity contribution >= 4 is 11.7 Å². The van der Waals surface area contributed by atoms with Gasteiger partial charge in [-0.2, -0.15) is 9.78 Å². The lowest BCUT2D eigenvalue weighted by molar-refractivity contribution is -0.116. The van der Waals surface area contributed by atoms with Crippen LogP contribution in [0.15, 0.2) is 30.3 Å². The van der Waals surface area contributed by atoms with E-state index in [0.717, 1.165) is 34.0 Å². The smallest absolute Gasteiger partial charge is 0.252 e. The second-order valence-corrected chi connectivity index (χ2v) is 6.99. The highest BCUT2D eigenvalue weighted by molar-refractivity contribution is 5.95. The number of rotatable bonds is 4. The van der Waals surface area contributed by atoms with Crippen LogP contribution in [-0.4, -0.2) is 32.3 Å². The second-order valence-electron chi connectivity index (χ2n) is 6.99. The maximum Gasteiger partial charge on any atom is 0.252 e. The molecule has 28 heavy (non-hydrogen) atoms. The summed E-state index contributed by atoms with van der Waals surface area (Å²) in [7, 11) is 0. The van der Waals surface area contributed by atoms with Gasteiger partial charge in [0.2, 0.25) is 5.91 Å². The molecule has 0 fully saturated rings. The molecule has 1 amide bonds.